The number of hydrogen-bond acceptors (Lipinski definition) is 4. The molecule has 3 aromatic rings. The molecule has 0 aromatic heterocycles. The molecule has 3 rings (SSSR count). The summed E-state index contributed by atoms with van der Waals surface area (Å²) < 4.78 is 28.9. The zero-order valence-electron chi connectivity index (χ0n) is 23.4. The number of carbonyl (C=O) groups excluding carboxylic acids is 2. The fourth-order valence-electron chi connectivity index (χ4n) is 4.24. The summed E-state index contributed by atoms with van der Waals surface area (Å²) >= 11 is 18.5. The number of halogens is 3. The maximum atomic E-state index is 14.1. The Morgan fingerprint density at radius 2 is 1.56 bits per heavy atom. The minimum atomic E-state index is -4.20. The second-order valence-corrected chi connectivity index (χ2v) is 12.9. The Morgan fingerprint density at radius 1 is 0.902 bits per heavy atom. The number of hydrogen-bond donors (Lipinski definition) is 1. The number of nitrogens with zero attached hydrogens (tertiary/aromatic N) is 2. The highest BCUT2D eigenvalue weighted by atomic mass is 35.5. The summed E-state index contributed by atoms with van der Waals surface area (Å²) in [5, 5.41) is 4.09. The minimum absolute atomic E-state index is 0.0231. The van der Waals surface area contributed by atoms with Gasteiger partial charge in [0, 0.05) is 27.7 Å². The third-order valence-electron chi connectivity index (χ3n) is 6.71. The molecule has 7 nitrogen and oxygen atoms in total. The molecule has 0 fully saturated rings. The minimum Gasteiger partial charge on any atom is -0.352 e. The van der Waals surface area contributed by atoms with Crippen molar-refractivity contribution < 1.29 is 18.0 Å². The third kappa shape index (κ3) is 8.38. The van der Waals surface area contributed by atoms with Crippen molar-refractivity contribution in [3.63, 3.8) is 0 Å². The summed E-state index contributed by atoms with van der Waals surface area (Å²) in [6, 6.07) is 16.5. The monoisotopic (exact) mass is 637 g/mol. The smallest absolute Gasteiger partial charge is 0.264 e. The number of aryl methyl sites for hydroxylation is 1. The molecule has 2 atom stereocenters. The van der Waals surface area contributed by atoms with Crippen molar-refractivity contribution in [2.45, 2.75) is 64.1 Å². The van der Waals surface area contributed by atoms with Crippen LogP contribution in [0.5, 0.6) is 0 Å². The van der Waals surface area contributed by atoms with E-state index < -0.39 is 28.5 Å². The number of sulfonamides is 1. The first-order chi connectivity index (χ1) is 19.4. The maximum Gasteiger partial charge on any atom is 0.264 e. The van der Waals surface area contributed by atoms with E-state index in [0.717, 1.165) is 9.87 Å². The van der Waals surface area contributed by atoms with Crippen molar-refractivity contribution in [2.24, 2.45) is 0 Å². The summed E-state index contributed by atoms with van der Waals surface area (Å²) in [7, 11) is -4.20. The molecule has 220 valence electrons. The number of rotatable bonds is 12. The van der Waals surface area contributed by atoms with Gasteiger partial charge in [0.25, 0.3) is 10.0 Å². The summed E-state index contributed by atoms with van der Waals surface area (Å²) in [6.07, 6.45) is 1.01. The molecule has 0 saturated carbocycles. The van der Waals surface area contributed by atoms with E-state index >= 15 is 0 Å². The second kappa shape index (κ2) is 14.4. The van der Waals surface area contributed by atoms with Gasteiger partial charge in [0.15, 0.2) is 0 Å². The van der Waals surface area contributed by atoms with Crippen LogP contribution in [0.25, 0.3) is 0 Å². The van der Waals surface area contributed by atoms with Gasteiger partial charge in [-0.3, -0.25) is 13.9 Å². The van der Waals surface area contributed by atoms with Crippen LogP contribution in [0, 0.1) is 6.92 Å². The lowest BCUT2D eigenvalue weighted by Crippen LogP contribution is -2.53. The lowest BCUT2D eigenvalue weighted by molar-refractivity contribution is -0.140. The van der Waals surface area contributed by atoms with Crippen LogP contribution in [0.1, 0.15) is 44.7 Å². The molecule has 2 amide bonds. The van der Waals surface area contributed by atoms with Crippen LogP contribution in [-0.2, 0) is 26.2 Å². The van der Waals surface area contributed by atoms with Gasteiger partial charge in [-0.1, -0.05) is 66.8 Å². The van der Waals surface area contributed by atoms with Crippen molar-refractivity contribution in [1.29, 1.82) is 0 Å². The first kappa shape index (κ1) is 32.7. The lowest BCUT2D eigenvalue weighted by Gasteiger charge is -2.34. The third-order valence-corrected chi connectivity index (χ3v) is 9.34. The molecular formula is C30H34Cl3N3O4S. The largest absolute Gasteiger partial charge is 0.352 e. The number of amides is 2. The van der Waals surface area contributed by atoms with E-state index in [2.05, 4.69) is 5.32 Å². The highest BCUT2D eigenvalue weighted by Gasteiger charge is 2.34. The standard InChI is InChI=1S/C30H34Cl3N3O4S/c1-5-21(4)34-30(38)28(6-2)35(18-22-10-11-24(32)17-27(22)33)29(37)19-36(25-9-7-8-20(3)16-25)41(39,40)26-14-12-23(31)13-15-26/h7-17,21,28H,5-6,18-19H2,1-4H3,(H,34,38). The van der Waals surface area contributed by atoms with Crippen molar-refractivity contribution in [3.8, 4) is 0 Å². The number of anilines is 1. The van der Waals surface area contributed by atoms with Crippen LogP contribution >= 0.6 is 34.8 Å². The van der Waals surface area contributed by atoms with Gasteiger partial charge in [-0.25, -0.2) is 8.42 Å². The molecular weight excluding hydrogens is 605 g/mol. The van der Waals surface area contributed by atoms with Crippen molar-refractivity contribution in [3.05, 3.63) is 92.9 Å². The van der Waals surface area contributed by atoms with E-state index in [-0.39, 0.29) is 23.4 Å². The predicted molar refractivity (Wildman–Crippen MR) is 166 cm³/mol. The van der Waals surface area contributed by atoms with Crippen molar-refractivity contribution >= 4 is 62.3 Å². The molecule has 41 heavy (non-hydrogen) atoms. The van der Waals surface area contributed by atoms with Gasteiger partial charge in [-0.15, -0.1) is 0 Å². The van der Waals surface area contributed by atoms with Crippen LogP contribution in [0.3, 0.4) is 0 Å². The number of nitrogens with one attached hydrogen (secondary N) is 1. The van der Waals surface area contributed by atoms with Crippen LogP contribution in [0.15, 0.2) is 71.6 Å². The summed E-state index contributed by atoms with van der Waals surface area (Å²) in [4.78, 5) is 28.9. The van der Waals surface area contributed by atoms with E-state index in [4.69, 9.17) is 34.8 Å². The first-order valence-electron chi connectivity index (χ1n) is 13.3. The number of benzene rings is 3. The van der Waals surface area contributed by atoms with Crippen LogP contribution < -0.4 is 9.62 Å². The quantitative estimate of drug-likeness (QED) is 0.235. The van der Waals surface area contributed by atoms with Gasteiger partial charge in [0.05, 0.1) is 10.6 Å². The van der Waals surface area contributed by atoms with Gasteiger partial charge in [0.1, 0.15) is 12.6 Å². The highest BCUT2D eigenvalue weighted by Crippen LogP contribution is 2.28. The lowest BCUT2D eigenvalue weighted by atomic mass is 10.1. The first-order valence-corrected chi connectivity index (χ1v) is 15.8. The van der Waals surface area contributed by atoms with Gasteiger partial charge >= 0.3 is 0 Å². The van der Waals surface area contributed by atoms with Crippen LogP contribution in [-0.4, -0.2) is 43.8 Å². The van der Waals surface area contributed by atoms with Crippen LogP contribution in [0.4, 0.5) is 5.69 Å². The Bertz CT molecular complexity index is 1480. The molecule has 0 spiro atoms. The summed E-state index contributed by atoms with van der Waals surface area (Å²) in [5.41, 5.74) is 1.70. The molecule has 11 heteroatoms. The molecule has 2 unspecified atom stereocenters. The molecule has 1 N–H and O–H groups in total. The van der Waals surface area contributed by atoms with Gasteiger partial charge in [0.2, 0.25) is 11.8 Å². The second-order valence-electron chi connectivity index (χ2n) is 9.80. The molecule has 0 bridgehead atoms. The molecule has 0 heterocycles. The number of carbonyl (C=O) groups is 2. The van der Waals surface area contributed by atoms with E-state index in [0.29, 0.717) is 39.2 Å². The maximum absolute atomic E-state index is 14.1. The fraction of sp³-hybridized carbons (Fsp3) is 0.333. The molecule has 0 saturated heterocycles. The zero-order chi connectivity index (χ0) is 30.3. The predicted octanol–water partition coefficient (Wildman–Crippen LogP) is 6.87. The SMILES string of the molecule is CCC(C)NC(=O)C(CC)N(Cc1ccc(Cl)cc1Cl)C(=O)CN(c1cccc(C)c1)S(=O)(=O)c1ccc(Cl)cc1. The molecule has 0 radical (unpaired) electrons. The average molecular weight is 639 g/mol. The molecule has 0 aliphatic rings. The van der Waals surface area contributed by atoms with Gasteiger partial charge in [-0.05, 0) is 86.3 Å². The normalized spacial score (nSPS) is 12.9. The summed E-state index contributed by atoms with van der Waals surface area (Å²) in [6.45, 7) is 6.89. The Balaban J connectivity index is 2.08. The van der Waals surface area contributed by atoms with E-state index in [1.54, 1.807) is 43.3 Å². The van der Waals surface area contributed by atoms with Crippen molar-refractivity contribution in [2.75, 3.05) is 10.8 Å². The Labute approximate surface area is 257 Å². The highest BCUT2D eigenvalue weighted by molar-refractivity contribution is 7.92. The summed E-state index contributed by atoms with van der Waals surface area (Å²) in [5.74, 6) is -0.899. The fourth-order valence-corrected chi connectivity index (χ4v) is 6.24. The van der Waals surface area contributed by atoms with Crippen LogP contribution in [0.2, 0.25) is 15.1 Å². The Morgan fingerprint density at radius 3 is 2.15 bits per heavy atom. The van der Waals surface area contributed by atoms with E-state index in [1.165, 1.54) is 29.2 Å². The Hall–Kier alpha value is -2.78. The van der Waals surface area contributed by atoms with E-state index in [9.17, 15) is 18.0 Å². The molecule has 3 aromatic carbocycles. The average Bonchev–Trinajstić information content (AvgIpc) is 2.92. The van der Waals surface area contributed by atoms with Gasteiger partial charge in [-0.2, -0.15) is 0 Å². The van der Waals surface area contributed by atoms with E-state index in [1.807, 2.05) is 26.8 Å². The molecule has 0 aliphatic heterocycles. The topological polar surface area (TPSA) is 86.8 Å². The van der Waals surface area contributed by atoms with Crippen molar-refractivity contribution in [1.82, 2.24) is 10.2 Å². The zero-order valence-corrected chi connectivity index (χ0v) is 26.5. The van der Waals surface area contributed by atoms with Gasteiger partial charge < -0.3 is 10.2 Å². The Kier molecular flexibility index (Phi) is 11.5. The molecule has 0 aliphatic carbocycles.